The van der Waals surface area contributed by atoms with Crippen molar-refractivity contribution in [1.29, 1.82) is 0 Å². The molecule has 16 heavy (non-hydrogen) atoms. The maximum Gasteiger partial charge on any atom is 0.315 e. The zero-order valence-corrected chi connectivity index (χ0v) is 9.04. The summed E-state index contributed by atoms with van der Waals surface area (Å²) >= 11 is 0. The Balaban J connectivity index is 2.72. The molecule has 3 nitrogen and oxygen atoms in total. The first-order valence-corrected chi connectivity index (χ1v) is 4.77. The van der Waals surface area contributed by atoms with Gasteiger partial charge in [-0.25, -0.2) is 0 Å². The summed E-state index contributed by atoms with van der Waals surface area (Å²) < 4.78 is 29.0. The number of carbonyl (C=O) groups is 1. The second-order valence-corrected chi connectivity index (χ2v) is 3.31. The number of hydrogen-bond donors (Lipinski definition) is 1. The van der Waals surface area contributed by atoms with Crippen LogP contribution in [0.1, 0.15) is 18.5 Å². The van der Waals surface area contributed by atoms with Gasteiger partial charge in [-0.15, -0.1) is 0 Å². The molecule has 0 aliphatic heterocycles. The Labute approximate surface area is 92.4 Å². The molecule has 0 aliphatic rings. The second-order valence-electron chi connectivity index (χ2n) is 3.31. The number of methoxy groups -OCH3 is 1. The molecule has 1 aromatic carbocycles. The lowest BCUT2D eigenvalue weighted by molar-refractivity contribution is -0.132. The number of rotatable bonds is 4. The maximum absolute atomic E-state index is 12.0. The van der Waals surface area contributed by atoms with E-state index in [1.807, 2.05) is 0 Å². The lowest BCUT2D eigenvalue weighted by Crippen LogP contribution is -2.31. The molecule has 0 fully saturated rings. The van der Waals surface area contributed by atoms with Gasteiger partial charge in [0.05, 0.1) is 13.2 Å². The van der Waals surface area contributed by atoms with Crippen LogP contribution in [0.2, 0.25) is 0 Å². The molecule has 1 unspecified atom stereocenters. The van der Waals surface area contributed by atoms with E-state index in [-0.39, 0.29) is 0 Å². The Bertz CT molecular complexity index is 369. The highest BCUT2D eigenvalue weighted by Gasteiger charge is 2.18. The maximum atomic E-state index is 12.0. The number of amides is 1. The van der Waals surface area contributed by atoms with E-state index in [4.69, 9.17) is 4.74 Å². The molecule has 1 atom stereocenters. The highest BCUT2D eigenvalue weighted by molar-refractivity contribution is 5.79. The molecule has 0 heterocycles. The highest BCUT2D eigenvalue weighted by Crippen LogP contribution is 2.18. The summed E-state index contributed by atoms with van der Waals surface area (Å²) in [6.45, 7) is 1.63. The van der Waals surface area contributed by atoms with Gasteiger partial charge in [0.15, 0.2) is 0 Å². The molecule has 1 rings (SSSR count). The lowest BCUT2D eigenvalue weighted by atomic mass is 10.1. The molecule has 0 saturated carbocycles. The van der Waals surface area contributed by atoms with Gasteiger partial charge in [0, 0.05) is 0 Å². The first kappa shape index (κ1) is 12.4. The number of alkyl halides is 2. The van der Waals surface area contributed by atoms with Gasteiger partial charge in [0.2, 0.25) is 0 Å². The SMILES string of the molecule is COc1cccc(C(C)NC(=O)C(F)F)c1. The lowest BCUT2D eigenvalue weighted by Gasteiger charge is -2.14. The first-order chi connectivity index (χ1) is 7.54. The number of halogens is 2. The summed E-state index contributed by atoms with van der Waals surface area (Å²) in [5.41, 5.74) is 0.716. The minimum absolute atomic E-state index is 0.475. The van der Waals surface area contributed by atoms with E-state index in [1.165, 1.54) is 7.11 Å². The monoisotopic (exact) mass is 229 g/mol. The zero-order chi connectivity index (χ0) is 12.1. The van der Waals surface area contributed by atoms with Crippen LogP contribution in [0.15, 0.2) is 24.3 Å². The Hall–Kier alpha value is -1.65. The fourth-order valence-electron chi connectivity index (χ4n) is 1.27. The molecule has 1 N–H and O–H groups in total. The molecule has 88 valence electrons. The first-order valence-electron chi connectivity index (χ1n) is 4.77. The third-order valence-electron chi connectivity index (χ3n) is 2.15. The molecule has 0 aliphatic carbocycles. The van der Waals surface area contributed by atoms with Crippen molar-refractivity contribution in [2.75, 3.05) is 7.11 Å². The van der Waals surface area contributed by atoms with Gasteiger partial charge in [-0.3, -0.25) is 4.79 Å². The summed E-state index contributed by atoms with van der Waals surface area (Å²) in [5, 5.41) is 2.20. The van der Waals surface area contributed by atoms with Gasteiger partial charge in [-0.2, -0.15) is 8.78 Å². The van der Waals surface area contributed by atoms with Crippen LogP contribution in [-0.2, 0) is 4.79 Å². The summed E-state index contributed by atoms with van der Waals surface area (Å²) in [6.07, 6.45) is -2.99. The van der Waals surface area contributed by atoms with E-state index in [1.54, 1.807) is 31.2 Å². The quantitative estimate of drug-likeness (QED) is 0.859. The largest absolute Gasteiger partial charge is 0.497 e. The van der Waals surface area contributed by atoms with Crippen LogP contribution in [0.25, 0.3) is 0 Å². The summed E-state index contributed by atoms with van der Waals surface area (Å²) in [4.78, 5) is 10.8. The van der Waals surface area contributed by atoms with E-state index in [9.17, 15) is 13.6 Å². The number of hydrogen-bond acceptors (Lipinski definition) is 2. The van der Waals surface area contributed by atoms with Gasteiger partial charge < -0.3 is 10.1 Å². The summed E-state index contributed by atoms with van der Waals surface area (Å²) in [7, 11) is 1.52. The third-order valence-corrected chi connectivity index (χ3v) is 2.15. The van der Waals surface area contributed by atoms with Gasteiger partial charge in [-0.1, -0.05) is 12.1 Å². The van der Waals surface area contributed by atoms with Crippen molar-refractivity contribution in [3.05, 3.63) is 29.8 Å². The standard InChI is InChI=1S/C11H13F2NO2/c1-7(14-11(15)10(12)13)8-4-3-5-9(6-8)16-2/h3-7,10H,1-2H3,(H,14,15). The Morgan fingerprint density at radius 3 is 2.69 bits per heavy atom. The Morgan fingerprint density at radius 2 is 2.12 bits per heavy atom. The van der Waals surface area contributed by atoms with Crippen molar-refractivity contribution >= 4 is 5.91 Å². The molecule has 1 amide bonds. The molecule has 0 spiro atoms. The van der Waals surface area contributed by atoms with E-state index in [2.05, 4.69) is 5.32 Å². The predicted molar refractivity (Wildman–Crippen MR) is 55.6 cm³/mol. The van der Waals surface area contributed by atoms with Crippen molar-refractivity contribution in [2.45, 2.75) is 19.4 Å². The van der Waals surface area contributed by atoms with Crippen molar-refractivity contribution in [3.63, 3.8) is 0 Å². The molecular weight excluding hydrogens is 216 g/mol. The third kappa shape index (κ3) is 3.18. The van der Waals surface area contributed by atoms with Crippen LogP contribution in [-0.4, -0.2) is 19.4 Å². The number of carbonyl (C=O) groups excluding carboxylic acids is 1. The number of nitrogens with one attached hydrogen (secondary N) is 1. The molecule has 0 radical (unpaired) electrons. The molecule has 0 saturated heterocycles. The van der Waals surface area contributed by atoms with Gasteiger partial charge >= 0.3 is 6.43 Å². The van der Waals surface area contributed by atoms with Crippen LogP contribution in [0, 0.1) is 0 Å². The van der Waals surface area contributed by atoms with E-state index < -0.39 is 18.4 Å². The Kier molecular flexibility index (Phi) is 4.22. The predicted octanol–water partition coefficient (Wildman–Crippen LogP) is 2.14. The number of benzene rings is 1. The van der Waals surface area contributed by atoms with Crippen molar-refractivity contribution in [1.82, 2.24) is 5.32 Å². The minimum Gasteiger partial charge on any atom is -0.497 e. The highest BCUT2D eigenvalue weighted by atomic mass is 19.3. The minimum atomic E-state index is -2.99. The number of ether oxygens (including phenoxy) is 1. The average Bonchev–Trinajstić information content (AvgIpc) is 2.28. The van der Waals surface area contributed by atoms with Crippen LogP contribution in [0.5, 0.6) is 5.75 Å². The van der Waals surface area contributed by atoms with Crippen molar-refractivity contribution < 1.29 is 18.3 Å². The molecule has 0 aromatic heterocycles. The molecule has 5 heteroatoms. The van der Waals surface area contributed by atoms with Crippen LogP contribution < -0.4 is 10.1 Å². The van der Waals surface area contributed by atoms with Gasteiger partial charge in [-0.05, 0) is 24.6 Å². The normalized spacial score (nSPS) is 12.3. The fraction of sp³-hybridized carbons (Fsp3) is 0.364. The molecular formula is C11H13F2NO2. The summed E-state index contributed by atoms with van der Waals surface area (Å²) in [5.74, 6) is -0.647. The van der Waals surface area contributed by atoms with Crippen LogP contribution >= 0.6 is 0 Å². The molecule has 1 aromatic rings. The van der Waals surface area contributed by atoms with Gasteiger partial charge in [0.25, 0.3) is 5.91 Å². The fourth-order valence-corrected chi connectivity index (χ4v) is 1.27. The zero-order valence-electron chi connectivity index (χ0n) is 9.04. The Morgan fingerprint density at radius 1 is 1.44 bits per heavy atom. The van der Waals surface area contributed by atoms with Gasteiger partial charge in [0.1, 0.15) is 5.75 Å². The van der Waals surface area contributed by atoms with E-state index in [0.29, 0.717) is 11.3 Å². The van der Waals surface area contributed by atoms with E-state index in [0.717, 1.165) is 0 Å². The topological polar surface area (TPSA) is 38.3 Å². The average molecular weight is 229 g/mol. The van der Waals surface area contributed by atoms with E-state index >= 15 is 0 Å². The van der Waals surface area contributed by atoms with Crippen LogP contribution in [0.3, 0.4) is 0 Å². The molecule has 0 bridgehead atoms. The van der Waals surface area contributed by atoms with Crippen LogP contribution in [0.4, 0.5) is 8.78 Å². The van der Waals surface area contributed by atoms with Crippen molar-refractivity contribution in [2.24, 2.45) is 0 Å². The van der Waals surface area contributed by atoms with Crippen molar-refractivity contribution in [3.8, 4) is 5.75 Å². The second kappa shape index (κ2) is 5.44. The smallest absolute Gasteiger partial charge is 0.315 e. The summed E-state index contributed by atoms with van der Waals surface area (Å²) in [6, 6.07) is 6.43.